The molecule has 1 amide bonds. The van der Waals surface area contributed by atoms with Crippen LogP contribution in [0.5, 0.6) is 0 Å². The second-order valence-electron chi connectivity index (χ2n) is 4.60. The Morgan fingerprint density at radius 3 is 2.22 bits per heavy atom. The standard InChI is InChI=1S/C15H24N2O/c1-3-10-17(11-4-2)15(18)12-14(16)13-8-6-5-7-9-13/h5-9,14H,3-4,10-12,16H2,1-2H3. The fourth-order valence-corrected chi connectivity index (χ4v) is 2.04. The molecule has 0 aliphatic rings. The number of carbonyl (C=O) groups excluding carboxylic acids is 1. The highest BCUT2D eigenvalue weighted by Gasteiger charge is 2.16. The monoisotopic (exact) mass is 248 g/mol. The van der Waals surface area contributed by atoms with E-state index >= 15 is 0 Å². The summed E-state index contributed by atoms with van der Waals surface area (Å²) in [6, 6.07) is 9.61. The SMILES string of the molecule is CCCN(CCC)C(=O)CC(N)c1ccccc1. The van der Waals surface area contributed by atoms with E-state index in [1.54, 1.807) is 0 Å². The Bertz CT molecular complexity index is 345. The van der Waals surface area contributed by atoms with E-state index in [0.29, 0.717) is 6.42 Å². The first-order valence-electron chi connectivity index (χ1n) is 6.77. The summed E-state index contributed by atoms with van der Waals surface area (Å²) in [7, 11) is 0. The van der Waals surface area contributed by atoms with Gasteiger partial charge in [-0.05, 0) is 18.4 Å². The number of nitrogens with two attached hydrogens (primary N) is 1. The normalized spacial score (nSPS) is 12.2. The zero-order valence-electron chi connectivity index (χ0n) is 11.4. The molecule has 0 aliphatic heterocycles. The molecular weight excluding hydrogens is 224 g/mol. The van der Waals surface area contributed by atoms with Crippen LogP contribution in [0.4, 0.5) is 0 Å². The van der Waals surface area contributed by atoms with Crippen molar-refractivity contribution in [1.82, 2.24) is 4.90 Å². The minimum atomic E-state index is -0.199. The molecule has 0 aromatic heterocycles. The molecule has 0 spiro atoms. The average molecular weight is 248 g/mol. The van der Waals surface area contributed by atoms with Crippen molar-refractivity contribution >= 4 is 5.91 Å². The van der Waals surface area contributed by atoms with Crippen molar-refractivity contribution in [3.63, 3.8) is 0 Å². The van der Waals surface area contributed by atoms with Crippen LogP contribution in [-0.2, 0) is 4.79 Å². The number of hydrogen-bond donors (Lipinski definition) is 1. The summed E-state index contributed by atoms with van der Waals surface area (Å²) in [4.78, 5) is 14.1. The summed E-state index contributed by atoms with van der Waals surface area (Å²) in [6.07, 6.45) is 2.38. The molecule has 0 aliphatic carbocycles. The van der Waals surface area contributed by atoms with E-state index in [-0.39, 0.29) is 11.9 Å². The number of rotatable bonds is 7. The van der Waals surface area contributed by atoms with Crippen LogP contribution in [0.3, 0.4) is 0 Å². The van der Waals surface area contributed by atoms with Crippen LogP contribution in [0, 0.1) is 0 Å². The van der Waals surface area contributed by atoms with Gasteiger partial charge >= 0.3 is 0 Å². The quantitative estimate of drug-likeness (QED) is 0.806. The molecule has 1 atom stereocenters. The molecule has 3 nitrogen and oxygen atoms in total. The van der Waals surface area contributed by atoms with Gasteiger partial charge < -0.3 is 10.6 Å². The van der Waals surface area contributed by atoms with Crippen molar-refractivity contribution in [3.05, 3.63) is 35.9 Å². The van der Waals surface area contributed by atoms with Crippen LogP contribution in [0.15, 0.2) is 30.3 Å². The molecule has 18 heavy (non-hydrogen) atoms. The van der Waals surface area contributed by atoms with Crippen LogP contribution in [0.1, 0.15) is 44.7 Å². The summed E-state index contributed by atoms with van der Waals surface area (Å²) in [5.41, 5.74) is 7.11. The largest absolute Gasteiger partial charge is 0.343 e. The third kappa shape index (κ3) is 4.49. The number of benzene rings is 1. The molecule has 1 unspecified atom stereocenters. The van der Waals surface area contributed by atoms with E-state index in [1.807, 2.05) is 35.2 Å². The number of amides is 1. The summed E-state index contributed by atoms with van der Waals surface area (Å²) in [6.45, 7) is 5.84. The number of hydrogen-bond acceptors (Lipinski definition) is 2. The first kappa shape index (κ1) is 14.7. The van der Waals surface area contributed by atoms with Crippen molar-refractivity contribution in [2.45, 2.75) is 39.2 Å². The molecule has 3 heteroatoms. The lowest BCUT2D eigenvalue weighted by atomic mass is 10.0. The van der Waals surface area contributed by atoms with E-state index in [2.05, 4.69) is 13.8 Å². The van der Waals surface area contributed by atoms with Gasteiger partial charge in [-0.15, -0.1) is 0 Å². The predicted molar refractivity (Wildman–Crippen MR) is 75.1 cm³/mol. The lowest BCUT2D eigenvalue weighted by Gasteiger charge is -2.23. The lowest BCUT2D eigenvalue weighted by Crippen LogP contribution is -2.34. The molecule has 0 fully saturated rings. The molecule has 2 N–H and O–H groups in total. The molecule has 1 aromatic rings. The van der Waals surface area contributed by atoms with E-state index in [9.17, 15) is 4.79 Å². The van der Waals surface area contributed by atoms with E-state index < -0.39 is 0 Å². The summed E-state index contributed by atoms with van der Waals surface area (Å²) in [5.74, 6) is 0.162. The highest BCUT2D eigenvalue weighted by atomic mass is 16.2. The van der Waals surface area contributed by atoms with Crippen molar-refractivity contribution in [2.75, 3.05) is 13.1 Å². The molecule has 1 aromatic carbocycles. The molecule has 0 saturated heterocycles. The van der Waals surface area contributed by atoms with Gasteiger partial charge in [0, 0.05) is 25.6 Å². The summed E-state index contributed by atoms with van der Waals surface area (Å²) in [5, 5.41) is 0. The maximum Gasteiger partial charge on any atom is 0.224 e. The summed E-state index contributed by atoms with van der Waals surface area (Å²) < 4.78 is 0. The van der Waals surface area contributed by atoms with Crippen molar-refractivity contribution in [3.8, 4) is 0 Å². The molecule has 0 radical (unpaired) electrons. The van der Waals surface area contributed by atoms with Gasteiger partial charge in [0.15, 0.2) is 0 Å². The number of nitrogens with zero attached hydrogens (tertiary/aromatic N) is 1. The van der Waals surface area contributed by atoms with Gasteiger partial charge in [0.1, 0.15) is 0 Å². The first-order chi connectivity index (χ1) is 8.69. The Morgan fingerprint density at radius 1 is 1.17 bits per heavy atom. The minimum Gasteiger partial charge on any atom is -0.343 e. The number of carbonyl (C=O) groups is 1. The van der Waals surface area contributed by atoms with Crippen LogP contribution in [0.25, 0.3) is 0 Å². The van der Waals surface area contributed by atoms with Gasteiger partial charge in [-0.1, -0.05) is 44.2 Å². The fraction of sp³-hybridized carbons (Fsp3) is 0.533. The molecule has 0 bridgehead atoms. The zero-order valence-corrected chi connectivity index (χ0v) is 11.4. The molecule has 0 saturated carbocycles. The second-order valence-corrected chi connectivity index (χ2v) is 4.60. The second kappa shape index (κ2) is 7.88. The van der Waals surface area contributed by atoms with Gasteiger partial charge in [-0.25, -0.2) is 0 Å². The fourth-order valence-electron chi connectivity index (χ4n) is 2.04. The van der Waals surface area contributed by atoms with Gasteiger partial charge in [-0.2, -0.15) is 0 Å². The smallest absolute Gasteiger partial charge is 0.224 e. The van der Waals surface area contributed by atoms with Crippen LogP contribution in [0.2, 0.25) is 0 Å². The highest BCUT2D eigenvalue weighted by Crippen LogP contribution is 2.15. The summed E-state index contributed by atoms with van der Waals surface area (Å²) >= 11 is 0. The third-order valence-corrected chi connectivity index (χ3v) is 2.96. The van der Waals surface area contributed by atoms with Gasteiger partial charge in [0.25, 0.3) is 0 Å². The van der Waals surface area contributed by atoms with Crippen LogP contribution in [-0.4, -0.2) is 23.9 Å². The zero-order chi connectivity index (χ0) is 13.4. The van der Waals surface area contributed by atoms with Crippen molar-refractivity contribution < 1.29 is 4.79 Å². The molecular formula is C15H24N2O. The Hall–Kier alpha value is -1.35. The van der Waals surface area contributed by atoms with Crippen molar-refractivity contribution in [2.24, 2.45) is 5.73 Å². The predicted octanol–water partition coefficient (Wildman–Crippen LogP) is 2.73. The Kier molecular flexibility index (Phi) is 6.44. The maximum atomic E-state index is 12.2. The maximum absolute atomic E-state index is 12.2. The lowest BCUT2D eigenvalue weighted by molar-refractivity contribution is -0.131. The van der Waals surface area contributed by atoms with E-state index in [1.165, 1.54) is 0 Å². The Labute approximate surface area is 110 Å². The van der Waals surface area contributed by atoms with Crippen molar-refractivity contribution in [1.29, 1.82) is 0 Å². The highest BCUT2D eigenvalue weighted by molar-refractivity contribution is 5.77. The Morgan fingerprint density at radius 2 is 1.72 bits per heavy atom. The van der Waals surface area contributed by atoms with Gasteiger partial charge in [-0.3, -0.25) is 4.79 Å². The molecule has 100 valence electrons. The van der Waals surface area contributed by atoms with E-state index in [4.69, 9.17) is 5.73 Å². The third-order valence-electron chi connectivity index (χ3n) is 2.96. The van der Waals surface area contributed by atoms with E-state index in [0.717, 1.165) is 31.5 Å². The topological polar surface area (TPSA) is 46.3 Å². The van der Waals surface area contributed by atoms with Crippen LogP contribution >= 0.6 is 0 Å². The average Bonchev–Trinajstić information content (AvgIpc) is 2.39. The molecule has 1 rings (SSSR count). The minimum absolute atomic E-state index is 0.162. The van der Waals surface area contributed by atoms with Gasteiger partial charge in [0.2, 0.25) is 5.91 Å². The molecule has 0 heterocycles. The van der Waals surface area contributed by atoms with Crippen LogP contribution < -0.4 is 5.73 Å². The van der Waals surface area contributed by atoms with Gasteiger partial charge in [0.05, 0.1) is 0 Å². The Balaban J connectivity index is 2.57. The first-order valence-corrected chi connectivity index (χ1v) is 6.77.